The number of rotatable bonds is 8. The van der Waals surface area contributed by atoms with Crippen LogP contribution in [0, 0.1) is 11.3 Å². The summed E-state index contributed by atoms with van der Waals surface area (Å²) in [7, 11) is 1.51. The van der Waals surface area contributed by atoms with Gasteiger partial charge in [0.05, 0.1) is 25.3 Å². The van der Waals surface area contributed by atoms with Crippen LogP contribution in [-0.4, -0.2) is 40.6 Å². The van der Waals surface area contributed by atoms with Crippen LogP contribution in [0.2, 0.25) is 0 Å². The first kappa shape index (κ1) is 22.8. The van der Waals surface area contributed by atoms with Gasteiger partial charge >= 0.3 is 5.97 Å². The van der Waals surface area contributed by atoms with Crippen LogP contribution < -0.4 is 15.4 Å². The molecule has 1 unspecified atom stereocenters. The van der Waals surface area contributed by atoms with Crippen molar-refractivity contribution < 1.29 is 19.4 Å². The first-order chi connectivity index (χ1) is 15.9. The molecule has 0 saturated heterocycles. The van der Waals surface area contributed by atoms with E-state index in [4.69, 9.17) is 4.74 Å². The van der Waals surface area contributed by atoms with Gasteiger partial charge in [0, 0.05) is 24.2 Å². The first-order valence-electron chi connectivity index (χ1n) is 11.3. The Morgan fingerprint density at radius 3 is 2.85 bits per heavy atom. The molecule has 0 aromatic carbocycles. The number of nitrogens with zero attached hydrogens (tertiary/aromatic N) is 2. The summed E-state index contributed by atoms with van der Waals surface area (Å²) in [6, 6.07) is 6.91. The molecule has 2 aromatic rings. The van der Waals surface area contributed by atoms with E-state index in [0.29, 0.717) is 24.3 Å². The topological polar surface area (TPSA) is 113 Å². The molecule has 0 radical (unpaired) electrons. The van der Waals surface area contributed by atoms with E-state index in [1.807, 2.05) is 19.1 Å². The van der Waals surface area contributed by atoms with Gasteiger partial charge in [-0.3, -0.25) is 9.59 Å². The highest BCUT2D eigenvalue weighted by Gasteiger charge is 2.45. The first-order valence-corrected chi connectivity index (χ1v) is 11.3. The van der Waals surface area contributed by atoms with Crippen molar-refractivity contribution in [3.63, 3.8) is 0 Å². The Morgan fingerprint density at radius 1 is 1.33 bits per heavy atom. The van der Waals surface area contributed by atoms with E-state index in [9.17, 15) is 14.7 Å². The van der Waals surface area contributed by atoms with Crippen LogP contribution in [0.25, 0.3) is 6.08 Å². The molecular weight excluding hydrogens is 420 g/mol. The average molecular weight is 451 g/mol. The molecule has 1 aliphatic heterocycles. The Hall–Kier alpha value is -3.42. The number of pyridine rings is 2. The monoisotopic (exact) mass is 450 g/mol. The molecule has 1 amide bonds. The Labute approximate surface area is 193 Å². The minimum absolute atomic E-state index is 0.134. The molecule has 3 heterocycles. The number of nitrogens with one attached hydrogen (secondary N) is 2. The number of carbonyl (C=O) groups excluding carboxylic acids is 1. The lowest BCUT2D eigenvalue weighted by molar-refractivity contribution is -0.140. The van der Waals surface area contributed by atoms with Crippen molar-refractivity contribution in [2.24, 2.45) is 11.3 Å². The third-order valence-electron chi connectivity index (χ3n) is 6.48. The van der Waals surface area contributed by atoms with Gasteiger partial charge in [0.2, 0.25) is 11.8 Å². The SMILES string of the molecule is COc1ccc(C(CC(=O)O)NC(=O)C2(C)CC(/C=C/c3ccc4c(n3)NCCC4)C2)cn1. The number of allylic oxidation sites excluding steroid dienone is 1. The van der Waals surface area contributed by atoms with Gasteiger partial charge in [-0.2, -0.15) is 0 Å². The quantitative estimate of drug-likeness (QED) is 0.563. The van der Waals surface area contributed by atoms with E-state index in [2.05, 4.69) is 32.7 Å². The van der Waals surface area contributed by atoms with E-state index in [1.54, 1.807) is 18.3 Å². The number of hydrogen-bond donors (Lipinski definition) is 3. The Kier molecular flexibility index (Phi) is 6.62. The molecule has 8 nitrogen and oxygen atoms in total. The zero-order valence-corrected chi connectivity index (χ0v) is 19.0. The molecule has 0 bridgehead atoms. The van der Waals surface area contributed by atoms with Gasteiger partial charge < -0.3 is 20.5 Å². The minimum atomic E-state index is -0.984. The molecule has 33 heavy (non-hydrogen) atoms. The van der Waals surface area contributed by atoms with Crippen LogP contribution in [0.4, 0.5) is 5.82 Å². The lowest BCUT2D eigenvalue weighted by atomic mass is 9.62. The number of hydrogen-bond acceptors (Lipinski definition) is 6. The fourth-order valence-corrected chi connectivity index (χ4v) is 4.57. The van der Waals surface area contributed by atoms with Crippen molar-refractivity contribution in [3.8, 4) is 5.88 Å². The Balaban J connectivity index is 1.36. The summed E-state index contributed by atoms with van der Waals surface area (Å²) in [5.74, 6) is 0.572. The van der Waals surface area contributed by atoms with Crippen molar-refractivity contribution >= 4 is 23.8 Å². The maximum absolute atomic E-state index is 13.0. The fraction of sp³-hybridized carbons (Fsp3) is 0.440. The molecule has 1 aliphatic carbocycles. The van der Waals surface area contributed by atoms with Crippen molar-refractivity contribution in [3.05, 3.63) is 53.4 Å². The minimum Gasteiger partial charge on any atom is -0.481 e. The molecule has 1 saturated carbocycles. The number of fused-ring (bicyclic) bond motifs is 1. The standard InChI is InChI=1S/C25H30N4O4/c1-25(24(32)29-20(12-22(30)31)18-7-10-21(33-2)27-15-18)13-16(14-25)5-8-19-9-6-17-4-3-11-26-23(17)28-19/h5-10,15-16,20H,3-4,11-14H2,1-2H3,(H,26,28)(H,29,32)(H,30,31)/b8-5+. The van der Waals surface area contributed by atoms with E-state index in [0.717, 1.165) is 30.9 Å². The molecule has 3 N–H and O–H groups in total. The normalized spacial score (nSPS) is 22.5. The van der Waals surface area contributed by atoms with Crippen LogP contribution in [0.15, 0.2) is 36.5 Å². The molecule has 1 atom stereocenters. The number of ether oxygens (including phenoxy) is 1. The highest BCUT2D eigenvalue weighted by molar-refractivity contribution is 5.84. The van der Waals surface area contributed by atoms with E-state index in [-0.39, 0.29) is 18.2 Å². The van der Waals surface area contributed by atoms with Gasteiger partial charge in [0.15, 0.2) is 0 Å². The van der Waals surface area contributed by atoms with Gasteiger partial charge in [-0.05, 0) is 54.9 Å². The predicted octanol–water partition coefficient (Wildman–Crippen LogP) is 3.61. The Bertz CT molecular complexity index is 1040. The molecular formula is C25H30N4O4. The third-order valence-corrected chi connectivity index (χ3v) is 6.48. The maximum Gasteiger partial charge on any atom is 0.305 e. The van der Waals surface area contributed by atoms with Crippen LogP contribution in [-0.2, 0) is 16.0 Å². The molecule has 4 rings (SSSR count). The van der Waals surface area contributed by atoms with Gasteiger partial charge in [0.25, 0.3) is 0 Å². The zero-order valence-electron chi connectivity index (χ0n) is 19.0. The van der Waals surface area contributed by atoms with Gasteiger partial charge in [-0.15, -0.1) is 0 Å². The smallest absolute Gasteiger partial charge is 0.305 e. The van der Waals surface area contributed by atoms with Crippen LogP contribution in [0.1, 0.15) is 55.5 Å². The fourth-order valence-electron chi connectivity index (χ4n) is 4.57. The van der Waals surface area contributed by atoms with Crippen LogP contribution in [0.5, 0.6) is 5.88 Å². The summed E-state index contributed by atoms with van der Waals surface area (Å²) < 4.78 is 5.06. The molecule has 0 spiro atoms. The summed E-state index contributed by atoms with van der Waals surface area (Å²) in [6.07, 6.45) is 9.08. The van der Waals surface area contributed by atoms with Crippen molar-refractivity contribution in [1.82, 2.24) is 15.3 Å². The number of aryl methyl sites for hydroxylation is 1. The van der Waals surface area contributed by atoms with Gasteiger partial charge in [0.1, 0.15) is 5.82 Å². The predicted molar refractivity (Wildman–Crippen MR) is 125 cm³/mol. The van der Waals surface area contributed by atoms with Crippen LogP contribution >= 0.6 is 0 Å². The summed E-state index contributed by atoms with van der Waals surface area (Å²) in [5, 5.41) is 15.6. The average Bonchev–Trinajstić information content (AvgIpc) is 2.80. The Morgan fingerprint density at radius 2 is 2.15 bits per heavy atom. The second-order valence-electron chi connectivity index (χ2n) is 9.12. The molecule has 2 aromatic heterocycles. The van der Waals surface area contributed by atoms with E-state index in [1.165, 1.54) is 12.7 Å². The summed E-state index contributed by atoms with van der Waals surface area (Å²) in [4.78, 5) is 33.2. The lowest BCUT2D eigenvalue weighted by Gasteiger charge is -2.43. The van der Waals surface area contributed by atoms with E-state index >= 15 is 0 Å². The molecule has 174 valence electrons. The van der Waals surface area contributed by atoms with Gasteiger partial charge in [-0.1, -0.05) is 25.1 Å². The number of carboxylic acids is 1. The van der Waals surface area contributed by atoms with Crippen molar-refractivity contribution in [2.75, 3.05) is 19.0 Å². The third kappa shape index (κ3) is 5.32. The maximum atomic E-state index is 13.0. The number of anilines is 1. The highest BCUT2D eigenvalue weighted by atomic mass is 16.5. The van der Waals surface area contributed by atoms with Crippen molar-refractivity contribution in [2.45, 2.75) is 45.1 Å². The number of amides is 1. The second-order valence-corrected chi connectivity index (χ2v) is 9.12. The lowest BCUT2D eigenvalue weighted by Crippen LogP contribution is -2.48. The number of carboxylic acid groups (broad SMARTS) is 1. The van der Waals surface area contributed by atoms with E-state index < -0.39 is 17.4 Å². The van der Waals surface area contributed by atoms with Crippen LogP contribution in [0.3, 0.4) is 0 Å². The molecule has 2 aliphatic rings. The largest absolute Gasteiger partial charge is 0.481 e. The number of aromatic nitrogens is 2. The number of aliphatic carboxylic acids is 1. The summed E-state index contributed by atoms with van der Waals surface area (Å²) in [6.45, 7) is 2.89. The summed E-state index contributed by atoms with van der Waals surface area (Å²) >= 11 is 0. The molecule has 8 heteroatoms. The number of carbonyl (C=O) groups is 2. The van der Waals surface area contributed by atoms with Gasteiger partial charge in [-0.25, -0.2) is 9.97 Å². The van der Waals surface area contributed by atoms with Crippen molar-refractivity contribution in [1.29, 1.82) is 0 Å². The number of methoxy groups -OCH3 is 1. The summed E-state index contributed by atoms with van der Waals surface area (Å²) in [5.41, 5.74) is 2.28. The second kappa shape index (κ2) is 9.60. The molecule has 1 fully saturated rings. The highest BCUT2D eigenvalue weighted by Crippen LogP contribution is 2.46. The zero-order chi connectivity index (χ0) is 23.4.